The molecule has 2 amide bonds. The molecule has 140 valence electrons. The first-order valence-corrected chi connectivity index (χ1v) is 8.90. The van der Waals surface area contributed by atoms with Gasteiger partial charge in [-0.15, -0.1) is 0 Å². The summed E-state index contributed by atoms with van der Waals surface area (Å²) in [6.07, 6.45) is 2.11. The van der Waals surface area contributed by atoms with E-state index >= 15 is 0 Å². The molecule has 0 saturated heterocycles. The summed E-state index contributed by atoms with van der Waals surface area (Å²) in [7, 11) is 5.24. The van der Waals surface area contributed by atoms with Crippen LogP contribution in [-0.2, 0) is 11.8 Å². The van der Waals surface area contributed by atoms with E-state index < -0.39 is 0 Å². The van der Waals surface area contributed by atoms with Gasteiger partial charge in [0.2, 0.25) is 5.91 Å². The summed E-state index contributed by atoms with van der Waals surface area (Å²) in [6.45, 7) is 1.87. The van der Waals surface area contributed by atoms with Crippen molar-refractivity contribution in [1.29, 1.82) is 0 Å². The first kappa shape index (κ1) is 18.6. The van der Waals surface area contributed by atoms with Crippen molar-refractivity contribution in [3.63, 3.8) is 0 Å². The first-order valence-electron chi connectivity index (χ1n) is 8.90. The van der Waals surface area contributed by atoms with Gasteiger partial charge in [0.25, 0.3) is 5.91 Å². The highest BCUT2D eigenvalue weighted by Gasteiger charge is 2.20. The van der Waals surface area contributed by atoms with Crippen LogP contribution in [0, 0.1) is 0 Å². The molecule has 3 rings (SSSR count). The van der Waals surface area contributed by atoms with E-state index in [-0.39, 0.29) is 24.3 Å². The van der Waals surface area contributed by atoms with Gasteiger partial charge in [0.05, 0.1) is 11.7 Å². The van der Waals surface area contributed by atoms with Gasteiger partial charge in [0.15, 0.2) is 0 Å². The summed E-state index contributed by atoms with van der Waals surface area (Å²) in [5.74, 6) is -0.184. The van der Waals surface area contributed by atoms with E-state index in [0.29, 0.717) is 5.56 Å². The Morgan fingerprint density at radius 1 is 1.19 bits per heavy atom. The number of nitrogens with one attached hydrogen (secondary N) is 1. The molecule has 0 spiro atoms. The van der Waals surface area contributed by atoms with Crippen molar-refractivity contribution in [1.82, 2.24) is 20.0 Å². The minimum absolute atomic E-state index is 0.0827. The number of aromatic nitrogens is 2. The lowest BCUT2D eigenvalue weighted by atomic mass is 10.0. The van der Waals surface area contributed by atoms with Gasteiger partial charge < -0.3 is 10.2 Å². The minimum Gasteiger partial charge on any atom is -0.359 e. The molecule has 0 saturated carbocycles. The van der Waals surface area contributed by atoms with E-state index in [1.807, 2.05) is 55.2 Å². The summed E-state index contributed by atoms with van der Waals surface area (Å²) in [6, 6.07) is 13.5. The zero-order chi connectivity index (χ0) is 19.6. The topological polar surface area (TPSA) is 67.2 Å². The fourth-order valence-electron chi connectivity index (χ4n) is 3.09. The number of hydrogen-bond donors (Lipinski definition) is 1. The molecule has 1 heterocycles. The maximum atomic E-state index is 12.8. The number of nitrogens with zero attached hydrogens (tertiary/aromatic N) is 3. The molecular formula is C21H24N4O2. The van der Waals surface area contributed by atoms with Crippen LogP contribution < -0.4 is 5.32 Å². The maximum absolute atomic E-state index is 12.8. The molecule has 0 aliphatic carbocycles. The molecule has 1 atom stereocenters. The second-order valence-corrected chi connectivity index (χ2v) is 6.76. The molecule has 3 aromatic rings. The predicted octanol–water partition coefficient (Wildman–Crippen LogP) is 2.84. The number of hydrogen-bond acceptors (Lipinski definition) is 3. The molecule has 2 aromatic carbocycles. The Balaban J connectivity index is 1.85. The van der Waals surface area contributed by atoms with Gasteiger partial charge in [0, 0.05) is 44.6 Å². The molecule has 0 bridgehead atoms. The molecule has 6 nitrogen and oxygen atoms in total. The lowest BCUT2D eigenvalue weighted by Gasteiger charge is -2.24. The Bertz CT molecular complexity index is 993. The van der Waals surface area contributed by atoms with Crippen LogP contribution in [0.25, 0.3) is 22.0 Å². The second-order valence-electron chi connectivity index (χ2n) is 6.76. The molecule has 0 fully saturated rings. The third kappa shape index (κ3) is 3.84. The molecule has 0 radical (unpaired) electrons. The van der Waals surface area contributed by atoms with Crippen molar-refractivity contribution in [2.75, 3.05) is 14.1 Å². The van der Waals surface area contributed by atoms with E-state index in [4.69, 9.17) is 0 Å². The zero-order valence-electron chi connectivity index (χ0n) is 16.1. The number of fused-ring (bicyclic) bond motifs is 1. The van der Waals surface area contributed by atoms with Crippen LogP contribution in [0.15, 0.2) is 48.7 Å². The van der Waals surface area contributed by atoms with Crippen molar-refractivity contribution < 1.29 is 9.59 Å². The van der Waals surface area contributed by atoms with Crippen molar-refractivity contribution in [3.8, 4) is 11.1 Å². The number of amides is 2. The highest BCUT2D eigenvalue weighted by Crippen LogP contribution is 2.25. The van der Waals surface area contributed by atoms with Gasteiger partial charge in [-0.1, -0.05) is 18.2 Å². The van der Waals surface area contributed by atoms with Gasteiger partial charge in [-0.3, -0.25) is 14.3 Å². The zero-order valence-corrected chi connectivity index (χ0v) is 16.1. The average molecular weight is 364 g/mol. The van der Waals surface area contributed by atoms with Crippen LogP contribution in [-0.4, -0.2) is 46.6 Å². The van der Waals surface area contributed by atoms with E-state index in [2.05, 4.69) is 16.5 Å². The van der Waals surface area contributed by atoms with Gasteiger partial charge in [-0.2, -0.15) is 5.10 Å². The smallest absolute Gasteiger partial charge is 0.253 e. The van der Waals surface area contributed by atoms with Crippen LogP contribution in [0.5, 0.6) is 0 Å². The van der Waals surface area contributed by atoms with Crippen LogP contribution >= 0.6 is 0 Å². The normalized spacial score (nSPS) is 12.0. The molecule has 0 aliphatic rings. The highest BCUT2D eigenvalue weighted by atomic mass is 16.2. The Morgan fingerprint density at radius 3 is 2.67 bits per heavy atom. The third-order valence-corrected chi connectivity index (χ3v) is 4.93. The Kier molecular flexibility index (Phi) is 5.26. The predicted molar refractivity (Wildman–Crippen MR) is 106 cm³/mol. The van der Waals surface area contributed by atoms with Crippen molar-refractivity contribution in [3.05, 3.63) is 54.2 Å². The molecule has 1 N–H and O–H groups in total. The number of benzene rings is 2. The SMILES string of the molecule is CNC(=O)CC(C)N(C)C(=O)c1cccc(-c2ccc3c(cnn3C)c2)c1. The fourth-order valence-corrected chi connectivity index (χ4v) is 3.09. The third-order valence-electron chi connectivity index (χ3n) is 4.93. The van der Waals surface area contributed by atoms with Gasteiger partial charge in [-0.25, -0.2) is 0 Å². The van der Waals surface area contributed by atoms with E-state index in [1.165, 1.54) is 0 Å². The first-order chi connectivity index (χ1) is 12.9. The van der Waals surface area contributed by atoms with Gasteiger partial charge in [-0.05, 0) is 42.3 Å². The van der Waals surface area contributed by atoms with Crippen LogP contribution in [0.4, 0.5) is 0 Å². The number of rotatable bonds is 5. The largest absolute Gasteiger partial charge is 0.359 e. The Labute approximate surface area is 158 Å². The number of aryl methyl sites for hydroxylation is 1. The quantitative estimate of drug-likeness (QED) is 0.757. The maximum Gasteiger partial charge on any atom is 0.253 e. The lowest BCUT2D eigenvalue weighted by molar-refractivity contribution is -0.121. The molecule has 1 unspecified atom stereocenters. The fraction of sp³-hybridized carbons (Fsp3) is 0.286. The number of carbonyl (C=O) groups excluding carboxylic acids is 2. The highest BCUT2D eigenvalue weighted by molar-refractivity contribution is 5.96. The minimum atomic E-state index is -0.187. The summed E-state index contributed by atoms with van der Waals surface area (Å²) < 4.78 is 1.84. The molecule has 1 aromatic heterocycles. The summed E-state index contributed by atoms with van der Waals surface area (Å²) in [5.41, 5.74) is 3.67. The monoisotopic (exact) mass is 364 g/mol. The van der Waals surface area contributed by atoms with Gasteiger partial charge in [0.1, 0.15) is 0 Å². The average Bonchev–Trinajstić information content (AvgIpc) is 3.07. The summed E-state index contributed by atoms with van der Waals surface area (Å²) in [5, 5.41) is 7.92. The Hall–Kier alpha value is -3.15. The van der Waals surface area contributed by atoms with Crippen LogP contribution in [0.3, 0.4) is 0 Å². The van der Waals surface area contributed by atoms with Crippen LogP contribution in [0.2, 0.25) is 0 Å². The summed E-state index contributed by atoms with van der Waals surface area (Å²) in [4.78, 5) is 26.0. The molecule has 27 heavy (non-hydrogen) atoms. The molecular weight excluding hydrogens is 340 g/mol. The van der Waals surface area contributed by atoms with Crippen LogP contribution in [0.1, 0.15) is 23.7 Å². The van der Waals surface area contributed by atoms with Crippen molar-refractivity contribution in [2.45, 2.75) is 19.4 Å². The van der Waals surface area contributed by atoms with Crippen molar-refractivity contribution >= 4 is 22.7 Å². The van der Waals surface area contributed by atoms with E-state index in [0.717, 1.165) is 22.0 Å². The van der Waals surface area contributed by atoms with Gasteiger partial charge >= 0.3 is 0 Å². The van der Waals surface area contributed by atoms with E-state index in [1.54, 1.807) is 25.1 Å². The second kappa shape index (κ2) is 7.61. The molecule has 6 heteroatoms. The van der Waals surface area contributed by atoms with E-state index in [9.17, 15) is 9.59 Å². The molecule has 0 aliphatic heterocycles. The number of carbonyl (C=O) groups is 2. The standard InChI is InChI=1S/C21H24N4O2/c1-14(10-20(26)22-2)24(3)21(27)17-7-5-6-15(11-17)16-8-9-19-18(12-16)13-23-25(19)4/h5-9,11-14H,10H2,1-4H3,(H,22,26). The van der Waals surface area contributed by atoms with Crippen molar-refractivity contribution in [2.24, 2.45) is 7.05 Å². The Morgan fingerprint density at radius 2 is 1.93 bits per heavy atom. The summed E-state index contributed by atoms with van der Waals surface area (Å²) >= 11 is 0. The lowest BCUT2D eigenvalue weighted by Crippen LogP contribution is -2.38.